The summed E-state index contributed by atoms with van der Waals surface area (Å²) in [6, 6.07) is 0. The van der Waals surface area contributed by atoms with Gasteiger partial charge in [-0.05, 0) is 19.6 Å². The van der Waals surface area contributed by atoms with Crippen LogP contribution in [0, 0.1) is 0 Å². The van der Waals surface area contributed by atoms with Crippen LogP contribution in [0.3, 0.4) is 0 Å². The molecule has 0 unspecified atom stereocenters. The van der Waals surface area contributed by atoms with Gasteiger partial charge in [-0.3, -0.25) is 0 Å². The number of hydrogen-bond donors (Lipinski definition) is 0. The van der Waals surface area contributed by atoms with Gasteiger partial charge in [0.1, 0.15) is 0 Å². The van der Waals surface area contributed by atoms with E-state index >= 15 is 0 Å². The van der Waals surface area contributed by atoms with Crippen LogP contribution in [0.5, 0.6) is 0 Å². The van der Waals surface area contributed by atoms with Crippen molar-refractivity contribution in [2.24, 2.45) is 7.54 Å². The van der Waals surface area contributed by atoms with Gasteiger partial charge in [-0.2, -0.15) is 56.3 Å². The molecule has 0 spiro atoms. The minimum atomic E-state index is -7.12. The van der Waals surface area contributed by atoms with Crippen LogP contribution in [0.25, 0.3) is 0 Å². The average Bonchev–Trinajstić information content (AvgIpc) is 2.19. The third-order valence-electron chi connectivity index (χ3n) is 1.65. The van der Waals surface area contributed by atoms with E-state index < -0.39 is 54.8 Å². The summed E-state index contributed by atoms with van der Waals surface area (Å²) >= 11 is 0. The molecule has 0 aliphatic carbocycles. The lowest BCUT2D eigenvalue weighted by Crippen LogP contribution is -2.39. The maximum Gasteiger partial charge on any atom is 0.519 e. The first-order valence-electron chi connectivity index (χ1n) is 5.58. The molecule has 20 heteroatoms. The van der Waals surface area contributed by atoms with Crippen molar-refractivity contribution in [3.05, 3.63) is 0 Å². The van der Waals surface area contributed by atoms with Crippen molar-refractivity contribution in [1.82, 2.24) is 0 Å². The highest BCUT2D eigenvalue weighted by atomic mass is 32.3. The molecule has 7 nitrogen and oxygen atoms in total. The minimum absolute atomic E-state index is 0.798. The second-order valence-electron chi connectivity index (χ2n) is 5.13. The molecule has 158 valence electrons. The molecule has 0 aromatic carbocycles. The Bertz CT molecular complexity index is 813. The molecule has 0 aliphatic heterocycles. The largest absolute Gasteiger partial charge is 0.519 e. The normalized spacial score (nSPS) is 15.7. The van der Waals surface area contributed by atoms with E-state index in [1.54, 1.807) is 0 Å². The number of nitrogens with zero attached hydrogens (tertiary/aromatic N) is 2. The fraction of sp³-hybridized carbons (Fsp3) is 1.00. The molecule has 0 saturated heterocycles. The molecule has 0 rings (SSSR count). The molecule has 0 aromatic rings. The maximum absolute atomic E-state index is 13.2. The summed E-state index contributed by atoms with van der Waals surface area (Å²) in [4.78, 5) is 0. The molecule has 0 N–H and O–H groups in total. The first-order valence-corrected chi connectivity index (χ1v) is 13.3. The van der Waals surface area contributed by atoms with Gasteiger partial charge in [-0.25, -0.2) is 0 Å². The lowest BCUT2D eigenvalue weighted by Gasteiger charge is -2.26. The quantitative estimate of drug-likeness (QED) is 0.449. The van der Waals surface area contributed by atoms with E-state index in [0.29, 0.717) is 0 Å². The van der Waals surface area contributed by atoms with Crippen molar-refractivity contribution in [3.63, 3.8) is 0 Å². The Balaban J connectivity index is 7.57. The highest BCUT2D eigenvalue weighted by Gasteiger charge is 2.56. The van der Waals surface area contributed by atoms with Gasteiger partial charge in [0.05, 0.1) is 0 Å². The fourth-order valence-electron chi connectivity index (χ4n) is 0.875. The highest BCUT2D eigenvalue weighted by Crippen LogP contribution is 2.39. The van der Waals surface area contributed by atoms with E-state index in [1.807, 2.05) is 0 Å². The Morgan fingerprint density at radius 3 is 1.08 bits per heavy atom. The molecule has 0 saturated carbocycles. The zero-order valence-corrected chi connectivity index (χ0v) is 16.0. The van der Waals surface area contributed by atoms with Crippen LogP contribution in [0.2, 0.25) is 19.6 Å². The van der Waals surface area contributed by atoms with Crippen LogP contribution < -0.4 is 0 Å². The van der Waals surface area contributed by atoms with Crippen molar-refractivity contribution in [1.29, 1.82) is 0 Å². The highest BCUT2D eigenvalue weighted by molar-refractivity contribution is 8.08. The summed E-state index contributed by atoms with van der Waals surface area (Å²) in [5.74, 6) is 0. The molecular formula is C6H9F9N2O5S3Si. The first kappa shape index (κ1) is 25.4. The molecule has 0 atom stereocenters. The van der Waals surface area contributed by atoms with Gasteiger partial charge in [0.15, 0.2) is 9.90 Å². The number of sulfonamides is 2. The van der Waals surface area contributed by atoms with Crippen LogP contribution in [-0.2, 0) is 33.8 Å². The van der Waals surface area contributed by atoms with Gasteiger partial charge in [-0.15, -0.1) is 0 Å². The van der Waals surface area contributed by atoms with E-state index in [0.717, 1.165) is 19.6 Å². The summed E-state index contributed by atoms with van der Waals surface area (Å²) in [5, 5.41) is 0. The summed E-state index contributed by atoms with van der Waals surface area (Å²) < 4.78 is 164. The Labute approximate surface area is 142 Å². The molecular weight excluding hydrogens is 475 g/mol. The Kier molecular flexibility index (Phi) is 6.62. The van der Waals surface area contributed by atoms with E-state index in [9.17, 15) is 56.3 Å². The zero-order chi connectivity index (χ0) is 21.6. The summed E-state index contributed by atoms with van der Waals surface area (Å²) in [7, 11) is -24.7. The average molecular weight is 484 g/mol. The lowest BCUT2D eigenvalue weighted by atomic mass is 11.6. The van der Waals surface area contributed by atoms with Crippen LogP contribution in [-0.4, -0.2) is 41.7 Å². The molecule has 0 heterocycles. The van der Waals surface area contributed by atoms with Crippen LogP contribution in [0.15, 0.2) is 7.54 Å². The van der Waals surface area contributed by atoms with E-state index in [-0.39, 0.29) is 0 Å². The summed E-state index contributed by atoms with van der Waals surface area (Å²) in [5.41, 5.74) is -19.4. The standard InChI is InChI=1S/C6H9F9N2O5S3Si/c1-26(2,3)22-23(4(7,8)9,16-24(18,19)5(10,11)12)17-25(20,21)6(13,14)15/h1-3H3. The molecule has 0 radical (unpaired) electrons. The van der Waals surface area contributed by atoms with Gasteiger partial charge >= 0.3 is 36.6 Å². The zero-order valence-electron chi connectivity index (χ0n) is 12.6. The van der Waals surface area contributed by atoms with Gasteiger partial charge in [0.2, 0.25) is 8.32 Å². The van der Waals surface area contributed by atoms with Crippen LogP contribution in [0.4, 0.5) is 39.5 Å². The van der Waals surface area contributed by atoms with Crippen molar-refractivity contribution in [3.8, 4) is 0 Å². The van der Waals surface area contributed by atoms with Crippen molar-refractivity contribution >= 4 is 38.3 Å². The second kappa shape index (κ2) is 6.78. The molecule has 26 heavy (non-hydrogen) atoms. The third-order valence-corrected chi connectivity index (χ3v) is 9.54. The van der Waals surface area contributed by atoms with Crippen molar-refractivity contribution in [2.75, 3.05) is 0 Å². The molecule has 0 amide bonds. The lowest BCUT2D eigenvalue weighted by molar-refractivity contribution is -0.0454. The summed E-state index contributed by atoms with van der Waals surface area (Å²) in [6.07, 6.45) is 0. The topological polar surface area (TPSA) is 102 Å². The minimum Gasteiger partial charge on any atom is -0.336 e. The Hall–Kier alpha value is -0.603. The Morgan fingerprint density at radius 1 is 0.654 bits per heavy atom. The SMILES string of the molecule is C[Si](C)(C)OS(=NS(=O)(=O)C(F)(F)F)(=NS(=O)(=O)C(F)(F)F)C(F)(F)F. The van der Waals surface area contributed by atoms with Crippen LogP contribution in [0.1, 0.15) is 0 Å². The molecule has 0 aromatic heterocycles. The predicted molar refractivity (Wildman–Crippen MR) is 72.7 cm³/mol. The monoisotopic (exact) mass is 484 g/mol. The van der Waals surface area contributed by atoms with Gasteiger partial charge in [0, 0.05) is 0 Å². The number of halogens is 9. The second-order valence-corrected chi connectivity index (χ2v) is 15.5. The van der Waals surface area contributed by atoms with E-state index in [2.05, 4.69) is 3.87 Å². The number of hydrogen-bond acceptors (Lipinski definition) is 5. The summed E-state index contributed by atoms with van der Waals surface area (Å²) in [6.45, 7) is 2.39. The predicted octanol–water partition coefficient (Wildman–Crippen LogP) is 3.49. The molecule has 0 fully saturated rings. The van der Waals surface area contributed by atoms with Gasteiger partial charge in [-0.1, -0.05) is 7.54 Å². The molecule has 0 aliphatic rings. The number of alkyl halides is 9. The van der Waals surface area contributed by atoms with Crippen molar-refractivity contribution < 1.29 is 60.2 Å². The maximum atomic E-state index is 13.2. The smallest absolute Gasteiger partial charge is 0.336 e. The fourth-order valence-corrected chi connectivity index (χ4v) is 8.67. The van der Waals surface area contributed by atoms with Gasteiger partial charge in [0.25, 0.3) is 0 Å². The first-order chi connectivity index (χ1) is 10.9. The molecule has 0 bridgehead atoms. The van der Waals surface area contributed by atoms with E-state index in [1.165, 1.54) is 7.54 Å². The van der Waals surface area contributed by atoms with Crippen LogP contribution >= 0.6 is 0 Å². The van der Waals surface area contributed by atoms with E-state index in [4.69, 9.17) is 0 Å². The third kappa shape index (κ3) is 5.95. The Morgan fingerprint density at radius 2 is 0.923 bits per heavy atom. The van der Waals surface area contributed by atoms with Gasteiger partial charge < -0.3 is 3.87 Å². The number of rotatable bonds is 4. The van der Waals surface area contributed by atoms with Crippen molar-refractivity contribution in [2.45, 2.75) is 36.2 Å².